The highest BCUT2D eigenvalue weighted by atomic mass is 16.2. The van der Waals surface area contributed by atoms with E-state index in [9.17, 15) is 14.4 Å². The summed E-state index contributed by atoms with van der Waals surface area (Å²) in [7, 11) is 0. The maximum Gasteiger partial charge on any atom is 0.272 e. The molecule has 1 atom stereocenters. The third-order valence-electron chi connectivity index (χ3n) is 5.40. The predicted octanol–water partition coefficient (Wildman–Crippen LogP) is 1.57. The van der Waals surface area contributed by atoms with E-state index in [-0.39, 0.29) is 17.7 Å². The molecule has 164 valence electrons. The van der Waals surface area contributed by atoms with Crippen LogP contribution in [-0.4, -0.2) is 74.9 Å². The van der Waals surface area contributed by atoms with Crippen LogP contribution in [0.1, 0.15) is 27.8 Å². The molecular weight excluding hydrogens is 408 g/mol. The molecule has 0 bridgehead atoms. The Labute approximate surface area is 185 Å². The van der Waals surface area contributed by atoms with Crippen LogP contribution in [0, 0.1) is 0 Å². The molecule has 1 fully saturated rings. The summed E-state index contributed by atoms with van der Waals surface area (Å²) >= 11 is 0. The van der Waals surface area contributed by atoms with Crippen molar-refractivity contribution in [2.75, 3.05) is 26.2 Å². The number of nitrogens with zero attached hydrogens (tertiary/aromatic N) is 4. The van der Waals surface area contributed by atoms with E-state index in [1.807, 2.05) is 18.2 Å². The Morgan fingerprint density at radius 2 is 1.72 bits per heavy atom. The lowest BCUT2D eigenvalue weighted by Gasteiger charge is -2.35. The molecule has 9 heteroatoms. The van der Waals surface area contributed by atoms with E-state index in [0.29, 0.717) is 43.1 Å². The van der Waals surface area contributed by atoms with Crippen molar-refractivity contribution in [2.45, 2.75) is 13.0 Å². The monoisotopic (exact) mass is 432 g/mol. The van der Waals surface area contributed by atoms with Crippen molar-refractivity contribution in [2.24, 2.45) is 0 Å². The van der Waals surface area contributed by atoms with E-state index in [4.69, 9.17) is 0 Å². The number of aromatic nitrogens is 3. The van der Waals surface area contributed by atoms with Crippen molar-refractivity contribution in [3.63, 3.8) is 0 Å². The number of carbonyl (C=O) groups excluding carboxylic acids is 3. The summed E-state index contributed by atoms with van der Waals surface area (Å²) < 4.78 is 0. The number of hydrogen-bond donors (Lipinski definition) is 2. The first-order chi connectivity index (χ1) is 15.5. The molecule has 1 unspecified atom stereocenters. The minimum Gasteiger partial charge on any atom is -0.341 e. The van der Waals surface area contributed by atoms with Crippen LogP contribution in [0.15, 0.2) is 60.9 Å². The first-order valence-corrected chi connectivity index (χ1v) is 10.4. The van der Waals surface area contributed by atoms with Crippen LogP contribution in [0.5, 0.6) is 0 Å². The number of hydrogen-bond acceptors (Lipinski definition) is 5. The molecule has 3 heterocycles. The largest absolute Gasteiger partial charge is 0.341 e. The van der Waals surface area contributed by atoms with E-state index >= 15 is 0 Å². The number of benzene rings is 1. The van der Waals surface area contributed by atoms with E-state index in [2.05, 4.69) is 20.5 Å². The highest BCUT2D eigenvalue weighted by molar-refractivity contribution is 5.97. The third kappa shape index (κ3) is 4.66. The van der Waals surface area contributed by atoms with Crippen molar-refractivity contribution >= 4 is 17.7 Å². The zero-order valence-corrected chi connectivity index (χ0v) is 17.7. The minimum absolute atomic E-state index is 0.162. The standard InChI is InChI=1S/C23H24N6O3/c1-16(25-21(30)17-6-3-2-4-7-17)22(31)28-10-12-29(13-11-28)23(32)20-14-19(26-27-20)18-8-5-9-24-15-18/h2-9,14-16H,10-13H2,1H3,(H,25,30)(H,26,27). The summed E-state index contributed by atoms with van der Waals surface area (Å²) in [5.74, 6) is -0.615. The fraction of sp³-hybridized carbons (Fsp3) is 0.261. The van der Waals surface area contributed by atoms with Gasteiger partial charge in [0.25, 0.3) is 11.8 Å². The Morgan fingerprint density at radius 1 is 1.00 bits per heavy atom. The molecule has 3 aromatic rings. The number of H-pyrrole nitrogens is 1. The van der Waals surface area contributed by atoms with Gasteiger partial charge in [0.2, 0.25) is 5.91 Å². The van der Waals surface area contributed by atoms with Crippen molar-refractivity contribution < 1.29 is 14.4 Å². The number of carbonyl (C=O) groups is 3. The number of rotatable bonds is 5. The smallest absolute Gasteiger partial charge is 0.272 e. The molecule has 2 aromatic heterocycles. The topological polar surface area (TPSA) is 111 Å². The number of nitrogens with one attached hydrogen (secondary N) is 2. The lowest BCUT2D eigenvalue weighted by molar-refractivity contribution is -0.134. The van der Waals surface area contributed by atoms with E-state index in [1.54, 1.807) is 59.4 Å². The predicted molar refractivity (Wildman–Crippen MR) is 118 cm³/mol. The molecule has 0 radical (unpaired) electrons. The van der Waals surface area contributed by atoms with Gasteiger partial charge in [-0.05, 0) is 37.3 Å². The Balaban J connectivity index is 1.31. The lowest BCUT2D eigenvalue weighted by Crippen LogP contribution is -2.55. The van der Waals surface area contributed by atoms with Crippen molar-refractivity contribution in [3.8, 4) is 11.3 Å². The number of piperazine rings is 1. The fourth-order valence-corrected chi connectivity index (χ4v) is 3.60. The van der Waals surface area contributed by atoms with Gasteiger partial charge >= 0.3 is 0 Å². The van der Waals surface area contributed by atoms with Crippen molar-refractivity contribution in [1.29, 1.82) is 0 Å². The number of pyridine rings is 1. The van der Waals surface area contributed by atoms with Gasteiger partial charge in [-0.1, -0.05) is 18.2 Å². The molecule has 1 aliphatic heterocycles. The summed E-state index contributed by atoms with van der Waals surface area (Å²) in [6.07, 6.45) is 3.36. The highest BCUT2D eigenvalue weighted by Crippen LogP contribution is 2.17. The van der Waals surface area contributed by atoms with Gasteiger partial charge in [-0.25, -0.2) is 0 Å². The average molecular weight is 432 g/mol. The Hall–Kier alpha value is -4.01. The van der Waals surface area contributed by atoms with Gasteiger partial charge in [0, 0.05) is 49.7 Å². The van der Waals surface area contributed by atoms with Gasteiger partial charge in [-0.3, -0.25) is 24.5 Å². The highest BCUT2D eigenvalue weighted by Gasteiger charge is 2.29. The summed E-state index contributed by atoms with van der Waals surface area (Å²) in [5, 5.41) is 9.74. The molecule has 9 nitrogen and oxygen atoms in total. The minimum atomic E-state index is -0.653. The van der Waals surface area contributed by atoms with Gasteiger partial charge < -0.3 is 15.1 Å². The first kappa shape index (κ1) is 21.2. The Bertz CT molecular complexity index is 1090. The van der Waals surface area contributed by atoms with Crippen LogP contribution in [-0.2, 0) is 4.79 Å². The summed E-state index contributed by atoms with van der Waals surface area (Å²) in [6.45, 7) is 3.29. The Kier molecular flexibility index (Phi) is 6.25. The van der Waals surface area contributed by atoms with Crippen LogP contribution >= 0.6 is 0 Å². The normalized spacial score (nSPS) is 14.7. The molecule has 3 amide bonds. The van der Waals surface area contributed by atoms with Crippen molar-refractivity contribution in [3.05, 3.63) is 72.2 Å². The van der Waals surface area contributed by atoms with Gasteiger partial charge in [-0.15, -0.1) is 0 Å². The first-order valence-electron chi connectivity index (χ1n) is 10.4. The fourth-order valence-electron chi connectivity index (χ4n) is 3.60. The van der Waals surface area contributed by atoms with Crippen LogP contribution in [0.3, 0.4) is 0 Å². The number of amides is 3. The zero-order chi connectivity index (χ0) is 22.5. The van der Waals surface area contributed by atoms with Crippen LogP contribution in [0.4, 0.5) is 0 Å². The van der Waals surface area contributed by atoms with Gasteiger partial charge in [0.15, 0.2) is 0 Å². The molecule has 1 aromatic carbocycles. The van der Waals surface area contributed by atoms with Crippen LogP contribution in [0.2, 0.25) is 0 Å². The Morgan fingerprint density at radius 3 is 2.41 bits per heavy atom. The molecule has 4 rings (SSSR count). The molecular formula is C23H24N6O3. The van der Waals surface area contributed by atoms with Gasteiger partial charge in [0.1, 0.15) is 11.7 Å². The van der Waals surface area contributed by atoms with Gasteiger partial charge in [0.05, 0.1) is 5.69 Å². The van der Waals surface area contributed by atoms with Crippen molar-refractivity contribution in [1.82, 2.24) is 30.3 Å². The quantitative estimate of drug-likeness (QED) is 0.636. The second-order valence-corrected chi connectivity index (χ2v) is 7.59. The SMILES string of the molecule is CC(NC(=O)c1ccccc1)C(=O)N1CCN(C(=O)c2cc(-c3cccnc3)n[nH]2)CC1. The molecule has 2 N–H and O–H groups in total. The number of aromatic amines is 1. The summed E-state index contributed by atoms with van der Waals surface area (Å²) in [6, 6.07) is 13.5. The summed E-state index contributed by atoms with van der Waals surface area (Å²) in [4.78, 5) is 45.3. The molecule has 0 aliphatic carbocycles. The average Bonchev–Trinajstić information content (AvgIpc) is 3.34. The molecule has 32 heavy (non-hydrogen) atoms. The molecule has 1 aliphatic rings. The summed E-state index contributed by atoms with van der Waals surface area (Å²) in [5.41, 5.74) is 2.38. The zero-order valence-electron chi connectivity index (χ0n) is 17.7. The molecule has 0 saturated carbocycles. The van der Waals surface area contributed by atoms with E-state index < -0.39 is 6.04 Å². The third-order valence-corrected chi connectivity index (χ3v) is 5.40. The lowest BCUT2D eigenvalue weighted by atomic mass is 10.1. The van der Waals surface area contributed by atoms with E-state index in [1.165, 1.54) is 0 Å². The maximum atomic E-state index is 12.8. The van der Waals surface area contributed by atoms with Crippen LogP contribution in [0.25, 0.3) is 11.3 Å². The van der Waals surface area contributed by atoms with Crippen LogP contribution < -0.4 is 5.32 Å². The second-order valence-electron chi connectivity index (χ2n) is 7.59. The van der Waals surface area contributed by atoms with E-state index in [0.717, 1.165) is 5.56 Å². The molecule has 1 saturated heterocycles. The second kappa shape index (κ2) is 9.42. The maximum absolute atomic E-state index is 12.8. The molecule has 0 spiro atoms. The van der Waals surface area contributed by atoms with Gasteiger partial charge in [-0.2, -0.15) is 5.10 Å².